The minimum Gasteiger partial charge on any atom is -0.496 e. The van der Waals surface area contributed by atoms with Gasteiger partial charge in [0.25, 0.3) is 0 Å². The van der Waals surface area contributed by atoms with E-state index in [1.807, 2.05) is 6.07 Å². The van der Waals surface area contributed by atoms with Gasteiger partial charge in [-0.05, 0) is 36.8 Å². The fourth-order valence-corrected chi connectivity index (χ4v) is 2.65. The zero-order valence-corrected chi connectivity index (χ0v) is 13.4. The summed E-state index contributed by atoms with van der Waals surface area (Å²) in [6.07, 6.45) is 3.29. The Morgan fingerprint density at radius 3 is 2.74 bits per heavy atom. The van der Waals surface area contributed by atoms with Crippen LogP contribution in [0.4, 0.5) is 0 Å². The second-order valence-corrected chi connectivity index (χ2v) is 5.48. The smallest absolute Gasteiger partial charge is 0.204 e. The molecule has 0 atom stereocenters. The first kappa shape index (κ1) is 15.4. The van der Waals surface area contributed by atoms with E-state index in [9.17, 15) is 4.79 Å². The van der Waals surface area contributed by atoms with Gasteiger partial charge >= 0.3 is 0 Å². The Morgan fingerprint density at radius 2 is 1.96 bits per heavy atom. The van der Waals surface area contributed by atoms with Crippen molar-refractivity contribution in [3.8, 4) is 11.5 Å². The van der Waals surface area contributed by atoms with Crippen molar-refractivity contribution in [2.45, 2.75) is 26.2 Å². The van der Waals surface area contributed by atoms with Crippen LogP contribution in [0.5, 0.6) is 11.5 Å². The van der Waals surface area contributed by atoms with Gasteiger partial charge in [-0.3, -0.25) is 4.79 Å². The molecule has 3 rings (SSSR count). The fourth-order valence-electron chi connectivity index (χ4n) is 2.65. The first-order valence-corrected chi connectivity index (χ1v) is 7.91. The second kappa shape index (κ2) is 6.73. The predicted octanol–water partition coefficient (Wildman–Crippen LogP) is 4.52. The molecule has 23 heavy (non-hydrogen) atoms. The first-order valence-electron chi connectivity index (χ1n) is 7.91. The predicted molar refractivity (Wildman–Crippen MR) is 91.6 cm³/mol. The summed E-state index contributed by atoms with van der Waals surface area (Å²) >= 11 is 0. The van der Waals surface area contributed by atoms with Gasteiger partial charge in [-0.15, -0.1) is 0 Å². The molecule has 0 aliphatic heterocycles. The quantitative estimate of drug-likeness (QED) is 0.496. The highest BCUT2D eigenvalue weighted by atomic mass is 16.5. The third-order valence-electron chi connectivity index (χ3n) is 3.87. The van der Waals surface area contributed by atoms with Crippen LogP contribution in [0.15, 0.2) is 45.6 Å². The van der Waals surface area contributed by atoms with E-state index in [1.54, 1.807) is 37.4 Å². The van der Waals surface area contributed by atoms with Crippen molar-refractivity contribution >= 4 is 21.9 Å². The topological polar surface area (TPSA) is 48.7 Å². The zero-order valence-electron chi connectivity index (χ0n) is 13.4. The number of hydrogen-bond donors (Lipinski definition) is 0. The molecule has 120 valence electrons. The highest BCUT2D eigenvalue weighted by molar-refractivity contribution is 5.93. The lowest BCUT2D eigenvalue weighted by Gasteiger charge is -2.08. The molecule has 0 bridgehead atoms. The van der Waals surface area contributed by atoms with Gasteiger partial charge in [0, 0.05) is 0 Å². The van der Waals surface area contributed by atoms with E-state index in [4.69, 9.17) is 13.9 Å². The lowest BCUT2D eigenvalue weighted by atomic mass is 10.1. The molecule has 0 aliphatic carbocycles. The highest BCUT2D eigenvalue weighted by Crippen LogP contribution is 2.27. The summed E-state index contributed by atoms with van der Waals surface area (Å²) < 4.78 is 16.8. The molecule has 0 aliphatic rings. The number of benzene rings is 2. The summed E-state index contributed by atoms with van der Waals surface area (Å²) in [4.78, 5) is 12.8. The van der Waals surface area contributed by atoms with Gasteiger partial charge < -0.3 is 13.9 Å². The van der Waals surface area contributed by atoms with Crippen molar-refractivity contribution in [1.29, 1.82) is 0 Å². The molecular formula is C19H20O4. The molecule has 0 radical (unpaired) electrons. The molecule has 3 aromatic rings. The Kier molecular flexibility index (Phi) is 4.51. The Morgan fingerprint density at radius 1 is 1.09 bits per heavy atom. The van der Waals surface area contributed by atoms with Gasteiger partial charge in [-0.25, -0.2) is 0 Å². The Bertz CT molecular complexity index is 880. The van der Waals surface area contributed by atoms with E-state index in [0.29, 0.717) is 40.0 Å². The number of ether oxygens (including phenoxy) is 2. The van der Waals surface area contributed by atoms with E-state index < -0.39 is 0 Å². The van der Waals surface area contributed by atoms with Crippen LogP contribution in [-0.4, -0.2) is 13.7 Å². The van der Waals surface area contributed by atoms with Gasteiger partial charge in [0.1, 0.15) is 28.1 Å². The minimum absolute atomic E-state index is 0.0993. The number of unbranched alkanes of at least 4 members (excludes halogenated alkanes) is 2. The Labute approximate surface area is 134 Å². The lowest BCUT2D eigenvalue weighted by Crippen LogP contribution is -2.05. The van der Waals surface area contributed by atoms with Crippen LogP contribution in [0.3, 0.4) is 0 Å². The van der Waals surface area contributed by atoms with Crippen LogP contribution in [-0.2, 0) is 0 Å². The number of rotatable bonds is 6. The highest BCUT2D eigenvalue weighted by Gasteiger charge is 2.12. The molecule has 2 aromatic carbocycles. The Balaban J connectivity index is 2.05. The standard InChI is InChI=1S/C19H20O4/c1-3-4-5-11-22-13-9-10-15-14(12-13)19(20)18-16(21-2)7-6-8-17(18)23-15/h6-10,12H,3-5,11H2,1-2H3. The van der Waals surface area contributed by atoms with Crippen LogP contribution < -0.4 is 14.9 Å². The summed E-state index contributed by atoms with van der Waals surface area (Å²) in [5.41, 5.74) is 0.979. The number of hydrogen-bond acceptors (Lipinski definition) is 4. The monoisotopic (exact) mass is 312 g/mol. The average molecular weight is 312 g/mol. The van der Waals surface area contributed by atoms with Gasteiger partial charge in [0.15, 0.2) is 0 Å². The van der Waals surface area contributed by atoms with Gasteiger partial charge in [0.2, 0.25) is 5.43 Å². The third kappa shape index (κ3) is 3.02. The number of fused-ring (bicyclic) bond motifs is 2. The molecule has 0 fully saturated rings. The van der Waals surface area contributed by atoms with Gasteiger partial charge in [-0.1, -0.05) is 25.8 Å². The van der Waals surface area contributed by atoms with Crippen molar-refractivity contribution in [2.24, 2.45) is 0 Å². The first-order chi connectivity index (χ1) is 11.2. The van der Waals surface area contributed by atoms with Gasteiger partial charge in [-0.2, -0.15) is 0 Å². The van der Waals surface area contributed by atoms with Crippen LogP contribution in [0.1, 0.15) is 26.2 Å². The van der Waals surface area contributed by atoms with Crippen molar-refractivity contribution < 1.29 is 13.9 Å². The lowest BCUT2D eigenvalue weighted by molar-refractivity contribution is 0.306. The Hall–Kier alpha value is -2.49. The van der Waals surface area contributed by atoms with Crippen LogP contribution in [0.25, 0.3) is 21.9 Å². The summed E-state index contributed by atoms with van der Waals surface area (Å²) in [6, 6.07) is 10.7. The summed E-state index contributed by atoms with van der Waals surface area (Å²) in [6.45, 7) is 2.81. The molecule has 0 spiro atoms. The molecule has 0 unspecified atom stereocenters. The summed E-state index contributed by atoms with van der Waals surface area (Å²) in [7, 11) is 1.55. The third-order valence-corrected chi connectivity index (χ3v) is 3.87. The fraction of sp³-hybridized carbons (Fsp3) is 0.316. The van der Waals surface area contributed by atoms with Crippen molar-refractivity contribution in [3.63, 3.8) is 0 Å². The van der Waals surface area contributed by atoms with E-state index in [1.165, 1.54) is 0 Å². The molecular weight excluding hydrogens is 292 g/mol. The molecule has 4 heteroatoms. The van der Waals surface area contributed by atoms with E-state index in [2.05, 4.69) is 6.92 Å². The molecule has 1 heterocycles. The van der Waals surface area contributed by atoms with Crippen LogP contribution in [0, 0.1) is 0 Å². The maximum absolute atomic E-state index is 12.8. The maximum atomic E-state index is 12.8. The van der Waals surface area contributed by atoms with E-state index >= 15 is 0 Å². The molecule has 0 saturated heterocycles. The van der Waals surface area contributed by atoms with E-state index in [0.717, 1.165) is 19.3 Å². The molecule has 0 N–H and O–H groups in total. The average Bonchev–Trinajstić information content (AvgIpc) is 2.58. The summed E-state index contributed by atoms with van der Waals surface area (Å²) in [5, 5.41) is 0.973. The zero-order chi connectivity index (χ0) is 16.2. The normalized spacial score (nSPS) is 11.0. The van der Waals surface area contributed by atoms with Gasteiger partial charge in [0.05, 0.1) is 19.1 Å². The second-order valence-electron chi connectivity index (χ2n) is 5.48. The molecule has 0 amide bonds. The SMILES string of the molecule is CCCCCOc1ccc2oc3cccc(OC)c3c(=O)c2c1. The van der Waals surface area contributed by atoms with E-state index in [-0.39, 0.29) is 5.43 Å². The summed E-state index contributed by atoms with van der Waals surface area (Å²) in [5.74, 6) is 1.21. The van der Waals surface area contributed by atoms with Crippen LogP contribution >= 0.6 is 0 Å². The minimum atomic E-state index is -0.0993. The number of methoxy groups -OCH3 is 1. The largest absolute Gasteiger partial charge is 0.496 e. The maximum Gasteiger partial charge on any atom is 0.204 e. The van der Waals surface area contributed by atoms with Crippen LogP contribution in [0.2, 0.25) is 0 Å². The van der Waals surface area contributed by atoms with Crippen molar-refractivity contribution in [1.82, 2.24) is 0 Å². The molecule has 4 nitrogen and oxygen atoms in total. The molecule has 0 saturated carbocycles. The van der Waals surface area contributed by atoms with Crippen molar-refractivity contribution in [2.75, 3.05) is 13.7 Å². The van der Waals surface area contributed by atoms with Crippen molar-refractivity contribution in [3.05, 3.63) is 46.6 Å². The molecule has 1 aromatic heterocycles.